The van der Waals surface area contributed by atoms with Crippen molar-refractivity contribution in [3.05, 3.63) is 28.6 Å². The molecule has 0 aromatic carbocycles. The zero-order valence-corrected chi connectivity index (χ0v) is 15.6. The van der Waals surface area contributed by atoms with Crippen LogP contribution in [0.1, 0.15) is 0 Å². The largest absolute Gasteiger partial charge is 0.352 e. The van der Waals surface area contributed by atoms with Crippen LogP contribution in [0.3, 0.4) is 0 Å². The van der Waals surface area contributed by atoms with E-state index in [-0.39, 0.29) is 0 Å². The maximum atomic E-state index is 12.7. The number of rotatable bonds is 3. The zero-order chi connectivity index (χ0) is 16.7. The predicted molar refractivity (Wildman–Crippen MR) is 94.7 cm³/mol. The van der Waals surface area contributed by atoms with Crippen molar-refractivity contribution in [2.45, 2.75) is 4.21 Å². The molecule has 4 rings (SSSR count). The number of hydrogen-bond acceptors (Lipinski definition) is 7. The van der Waals surface area contributed by atoms with Crippen molar-refractivity contribution in [2.75, 3.05) is 31.1 Å². The van der Waals surface area contributed by atoms with Crippen molar-refractivity contribution >= 4 is 54.3 Å². The summed E-state index contributed by atoms with van der Waals surface area (Å²) in [5.74, 6) is 0.758. The van der Waals surface area contributed by atoms with Gasteiger partial charge in [-0.3, -0.25) is 0 Å². The highest BCUT2D eigenvalue weighted by atomic mass is 79.9. The summed E-state index contributed by atoms with van der Waals surface area (Å²) in [7, 11) is -3.44. The maximum Gasteiger partial charge on any atom is 0.252 e. The molecule has 24 heavy (non-hydrogen) atoms. The first kappa shape index (κ1) is 15.9. The van der Waals surface area contributed by atoms with Gasteiger partial charge < -0.3 is 9.88 Å². The molecule has 0 aliphatic carbocycles. The minimum atomic E-state index is -3.44. The molecule has 3 aromatic rings. The standard InChI is InChI=1S/C13H13BrN6O2S2/c14-9-1-2-10(23-9)24(21,22)20-5-3-19(4-6-20)13-11-12(16-7-15-11)17-8-18-13/h1-2,7-8H,3-6H2,(H,15,16,17,18). The Labute approximate surface area is 150 Å². The lowest BCUT2D eigenvalue weighted by Crippen LogP contribution is -2.48. The summed E-state index contributed by atoms with van der Waals surface area (Å²) < 4.78 is 28.0. The zero-order valence-electron chi connectivity index (χ0n) is 12.4. The van der Waals surface area contributed by atoms with Gasteiger partial charge in [0.2, 0.25) is 0 Å². The molecule has 0 unspecified atom stereocenters. The normalized spacial score (nSPS) is 16.8. The highest BCUT2D eigenvalue weighted by Crippen LogP contribution is 2.29. The molecule has 0 amide bonds. The number of imidazole rings is 1. The van der Waals surface area contributed by atoms with Crippen LogP contribution in [0.15, 0.2) is 32.8 Å². The van der Waals surface area contributed by atoms with E-state index >= 15 is 0 Å². The van der Waals surface area contributed by atoms with Gasteiger partial charge in [0, 0.05) is 26.2 Å². The van der Waals surface area contributed by atoms with Crippen molar-refractivity contribution in [3.8, 4) is 0 Å². The fourth-order valence-corrected chi connectivity index (χ4v) is 6.28. The van der Waals surface area contributed by atoms with Gasteiger partial charge >= 0.3 is 0 Å². The van der Waals surface area contributed by atoms with Gasteiger partial charge in [0.25, 0.3) is 10.0 Å². The molecule has 0 radical (unpaired) electrons. The predicted octanol–water partition coefficient (Wildman–Crippen LogP) is 1.69. The number of nitrogens with one attached hydrogen (secondary N) is 1. The third-order valence-corrected chi connectivity index (χ3v) is 7.87. The molecule has 1 aliphatic heterocycles. The Kier molecular flexibility index (Phi) is 4.03. The fourth-order valence-electron chi connectivity index (χ4n) is 2.70. The van der Waals surface area contributed by atoms with Crippen LogP contribution in [0.4, 0.5) is 5.82 Å². The lowest BCUT2D eigenvalue weighted by molar-refractivity contribution is 0.385. The molecule has 1 saturated heterocycles. The summed E-state index contributed by atoms with van der Waals surface area (Å²) in [5.41, 5.74) is 1.38. The average molecular weight is 429 g/mol. The number of aromatic amines is 1. The third-order valence-electron chi connectivity index (χ3n) is 3.88. The number of aromatic nitrogens is 4. The van der Waals surface area contributed by atoms with Crippen LogP contribution in [-0.4, -0.2) is 58.8 Å². The van der Waals surface area contributed by atoms with Crippen LogP contribution in [0, 0.1) is 0 Å². The fraction of sp³-hybridized carbons (Fsp3) is 0.308. The van der Waals surface area contributed by atoms with Gasteiger partial charge in [0.1, 0.15) is 16.1 Å². The van der Waals surface area contributed by atoms with Crippen molar-refractivity contribution in [1.82, 2.24) is 24.2 Å². The summed E-state index contributed by atoms with van der Waals surface area (Å²) in [4.78, 5) is 17.7. The summed E-state index contributed by atoms with van der Waals surface area (Å²) in [5, 5.41) is 0. The van der Waals surface area contributed by atoms with Gasteiger partial charge in [0.05, 0.1) is 10.1 Å². The van der Waals surface area contributed by atoms with Crippen molar-refractivity contribution < 1.29 is 8.42 Å². The molecule has 4 heterocycles. The summed E-state index contributed by atoms with van der Waals surface area (Å²) in [6, 6.07) is 3.39. The number of halogens is 1. The Morgan fingerprint density at radius 3 is 2.62 bits per heavy atom. The van der Waals surface area contributed by atoms with E-state index in [0.717, 1.165) is 15.1 Å². The first-order chi connectivity index (χ1) is 11.6. The molecular weight excluding hydrogens is 416 g/mol. The Morgan fingerprint density at radius 2 is 1.92 bits per heavy atom. The Hall–Kier alpha value is -1.56. The van der Waals surface area contributed by atoms with E-state index in [1.54, 1.807) is 18.5 Å². The second-order valence-corrected chi connectivity index (χ2v) is 9.88. The number of piperazine rings is 1. The highest BCUT2D eigenvalue weighted by Gasteiger charge is 2.30. The number of H-pyrrole nitrogens is 1. The number of sulfonamides is 1. The number of thiophene rings is 1. The molecule has 0 atom stereocenters. The van der Waals surface area contributed by atoms with Gasteiger partial charge in [0.15, 0.2) is 11.5 Å². The van der Waals surface area contributed by atoms with Gasteiger partial charge in [-0.1, -0.05) is 0 Å². The second-order valence-electron chi connectivity index (χ2n) is 5.25. The third kappa shape index (κ3) is 2.70. The monoisotopic (exact) mass is 428 g/mol. The molecule has 126 valence electrons. The van der Waals surface area contributed by atoms with Gasteiger partial charge in [-0.25, -0.2) is 23.4 Å². The van der Waals surface area contributed by atoms with E-state index < -0.39 is 10.0 Å². The van der Waals surface area contributed by atoms with Crippen LogP contribution in [0.5, 0.6) is 0 Å². The topological polar surface area (TPSA) is 95.1 Å². The highest BCUT2D eigenvalue weighted by molar-refractivity contribution is 9.11. The van der Waals surface area contributed by atoms with E-state index in [2.05, 4.69) is 40.8 Å². The molecular formula is C13H13BrN6O2S2. The Bertz CT molecular complexity index is 977. The maximum absolute atomic E-state index is 12.7. The summed E-state index contributed by atoms with van der Waals surface area (Å²) in [6.07, 6.45) is 3.06. The molecule has 0 bridgehead atoms. The number of nitrogens with zero attached hydrogens (tertiary/aromatic N) is 5. The van der Waals surface area contributed by atoms with Crippen LogP contribution < -0.4 is 4.90 Å². The van der Waals surface area contributed by atoms with Crippen molar-refractivity contribution in [3.63, 3.8) is 0 Å². The number of hydrogen-bond donors (Lipinski definition) is 1. The lowest BCUT2D eigenvalue weighted by Gasteiger charge is -2.34. The van der Waals surface area contributed by atoms with Crippen LogP contribution >= 0.6 is 27.3 Å². The number of anilines is 1. The number of fused-ring (bicyclic) bond motifs is 1. The van der Waals surface area contributed by atoms with Crippen LogP contribution in [0.2, 0.25) is 0 Å². The Balaban J connectivity index is 1.54. The van der Waals surface area contributed by atoms with Gasteiger partial charge in [-0.15, -0.1) is 11.3 Å². The molecule has 0 spiro atoms. The SMILES string of the molecule is O=S(=O)(c1ccc(Br)s1)N1CCN(c2ncnc3nc[nH]c23)CC1. The van der Waals surface area contributed by atoms with E-state index in [1.165, 1.54) is 22.0 Å². The molecule has 3 aromatic heterocycles. The lowest BCUT2D eigenvalue weighted by atomic mass is 10.3. The molecule has 1 fully saturated rings. The first-order valence-corrected chi connectivity index (χ1v) is 10.3. The summed E-state index contributed by atoms with van der Waals surface area (Å²) in [6.45, 7) is 1.96. The van der Waals surface area contributed by atoms with E-state index in [1.807, 2.05) is 0 Å². The molecule has 8 nitrogen and oxygen atoms in total. The Morgan fingerprint density at radius 1 is 1.12 bits per heavy atom. The minimum Gasteiger partial charge on any atom is -0.352 e. The molecule has 0 saturated carbocycles. The van der Waals surface area contributed by atoms with Gasteiger partial charge in [-0.2, -0.15) is 4.31 Å². The van der Waals surface area contributed by atoms with Crippen molar-refractivity contribution in [2.24, 2.45) is 0 Å². The molecule has 1 aliphatic rings. The van der Waals surface area contributed by atoms with Gasteiger partial charge in [-0.05, 0) is 28.1 Å². The molecule has 11 heteroatoms. The average Bonchev–Trinajstić information content (AvgIpc) is 3.23. The van der Waals surface area contributed by atoms with Crippen molar-refractivity contribution in [1.29, 1.82) is 0 Å². The van der Waals surface area contributed by atoms with Crippen LogP contribution in [0.25, 0.3) is 11.2 Å². The second kappa shape index (κ2) is 6.06. The summed E-state index contributed by atoms with van der Waals surface area (Å²) >= 11 is 4.54. The molecule has 1 N–H and O–H groups in total. The van der Waals surface area contributed by atoms with Crippen LogP contribution in [-0.2, 0) is 10.0 Å². The van der Waals surface area contributed by atoms with E-state index in [0.29, 0.717) is 36.0 Å². The van der Waals surface area contributed by atoms with E-state index in [9.17, 15) is 8.42 Å². The first-order valence-electron chi connectivity index (χ1n) is 7.20. The quantitative estimate of drug-likeness (QED) is 0.681. The smallest absolute Gasteiger partial charge is 0.252 e. The van der Waals surface area contributed by atoms with E-state index in [4.69, 9.17) is 0 Å². The minimum absolute atomic E-state index is 0.362.